The van der Waals surface area contributed by atoms with Crippen LogP contribution in [-0.4, -0.2) is 16.9 Å². The van der Waals surface area contributed by atoms with Gasteiger partial charge in [-0.25, -0.2) is 4.79 Å². The Labute approximate surface area is 53.0 Å². The third-order valence-electron chi connectivity index (χ3n) is 0.777. The number of carbonyl (C=O) groups excluding carboxylic acids is 1. The molecule has 0 heterocycles. The van der Waals surface area contributed by atoms with Gasteiger partial charge in [0.1, 0.15) is 0 Å². The third-order valence-corrected chi connectivity index (χ3v) is 0.777. The van der Waals surface area contributed by atoms with Crippen molar-refractivity contribution < 1.29 is 14.7 Å². The highest BCUT2D eigenvalue weighted by Crippen LogP contribution is 1.84. The van der Waals surface area contributed by atoms with Gasteiger partial charge in [-0.3, -0.25) is 4.79 Å². The number of carboxylic acid groups (broad SMARTS) is 1. The molecule has 0 amide bonds. The van der Waals surface area contributed by atoms with Gasteiger partial charge >= 0.3 is 5.97 Å². The molecule has 3 heteroatoms. The van der Waals surface area contributed by atoms with Crippen molar-refractivity contribution in [2.75, 3.05) is 0 Å². The van der Waals surface area contributed by atoms with Gasteiger partial charge in [-0.2, -0.15) is 0 Å². The molecule has 0 fully saturated rings. The maximum Gasteiger partial charge on any atom is 0.372 e. The third kappa shape index (κ3) is 3.46. The Morgan fingerprint density at radius 1 is 1.56 bits per heavy atom. The van der Waals surface area contributed by atoms with E-state index in [1.54, 1.807) is 13.0 Å². The average molecular weight is 128 g/mol. The monoisotopic (exact) mass is 128 g/mol. The molecule has 0 bridgehead atoms. The summed E-state index contributed by atoms with van der Waals surface area (Å²) >= 11 is 0. The molecule has 0 aromatic heterocycles. The van der Waals surface area contributed by atoms with E-state index >= 15 is 0 Å². The lowest BCUT2D eigenvalue weighted by Crippen LogP contribution is -2.10. The molecule has 0 aromatic carbocycles. The van der Waals surface area contributed by atoms with Gasteiger partial charge in [0.25, 0.3) is 0 Å². The first-order valence-corrected chi connectivity index (χ1v) is 2.55. The van der Waals surface area contributed by atoms with Crippen molar-refractivity contribution >= 4 is 11.8 Å². The summed E-state index contributed by atoms with van der Waals surface area (Å²) in [5.74, 6) is -2.14. The summed E-state index contributed by atoms with van der Waals surface area (Å²) in [4.78, 5) is 20.1. The first kappa shape index (κ1) is 7.88. The molecule has 0 atom stereocenters. The number of rotatable bonds is 3. The van der Waals surface area contributed by atoms with Gasteiger partial charge in [-0.05, 0) is 6.92 Å². The molecule has 0 aliphatic carbocycles. The number of Topliss-reactive ketones (excluding diaryl/α,β-unsaturated/α-hetero) is 1. The Morgan fingerprint density at radius 2 is 2.11 bits per heavy atom. The van der Waals surface area contributed by atoms with Gasteiger partial charge in [0.2, 0.25) is 5.78 Å². The number of allylic oxidation sites excluding steroid dienone is 2. The van der Waals surface area contributed by atoms with Crippen LogP contribution in [0.5, 0.6) is 0 Å². The van der Waals surface area contributed by atoms with Gasteiger partial charge in [-0.15, -0.1) is 0 Å². The standard InChI is InChI=1S/C6H8O3/c1-2-3-4-5(7)6(8)9/h2-3H,4H2,1H3,(H,8,9). The largest absolute Gasteiger partial charge is 0.475 e. The predicted molar refractivity (Wildman–Crippen MR) is 32.1 cm³/mol. The fraction of sp³-hybridized carbons (Fsp3) is 0.333. The van der Waals surface area contributed by atoms with Crippen molar-refractivity contribution in [2.45, 2.75) is 13.3 Å². The van der Waals surface area contributed by atoms with Crippen molar-refractivity contribution in [1.29, 1.82) is 0 Å². The minimum atomic E-state index is -1.37. The minimum absolute atomic E-state index is 0.00810. The summed E-state index contributed by atoms with van der Waals surface area (Å²) in [7, 11) is 0. The maximum atomic E-state index is 10.3. The molecule has 0 saturated carbocycles. The van der Waals surface area contributed by atoms with Crippen LogP contribution in [0.4, 0.5) is 0 Å². The second kappa shape index (κ2) is 3.83. The smallest absolute Gasteiger partial charge is 0.372 e. The minimum Gasteiger partial charge on any atom is -0.475 e. The SMILES string of the molecule is CC=CCC(=O)C(=O)O. The fourth-order valence-corrected chi connectivity index (χ4v) is 0.312. The van der Waals surface area contributed by atoms with Crippen molar-refractivity contribution in [2.24, 2.45) is 0 Å². The zero-order chi connectivity index (χ0) is 7.28. The Balaban J connectivity index is 3.65. The van der Waals surface area contributed by atoms with E-state index in [-0.39, 0.29) is 6.42 Å². The van der Waals surface area contributed by atoms with Crippen molar-refractivity contribution in [3.05, 3.63) is 12.2 Å². The molecule has 9 heavy (non-hydrogen) atoms. The van der Waals surface area contributed by atoms with Gasteiger partial charge in [-0.1, -0.05) is 12.2 Å². The topological polar surface area (TPSA) is 54.4 Å². The summed E-state index contributed by atoms with van der Waals surface area (Å²) in [6.45, 7) is 1.73. The lowest BCUT2D eigenvalue weighted by atomic mass is 10.3. The molecular formula is C6H8O3. The van der Waals surface area contributed by atoms with Gasteiger partial charge in [0.15, 0.2) is 0 Å². The van der Waals surface area contributed by atoms with Crippen molar-refractivity contribution in [1.82, 2.24) is 0 Å². The Bertz CT molecular complexity index is 146. The fourth-order valence-electron chi connectivity index (χ4n) is 0.312. The number of hydrogen-bond acceptors (Lipinski definition) is 2. The molecule has 0 radical (unpaired) electrons. The highest BCUT2D eigenvalue weighted by Gasteiger charge is 2.06. The van der Waals surface area contributed by atoms with E-state index in [1.165, 1.54) is 6.08 Å². The lowest BCUT2D eigenvalue weighted by Gasteiger charge is -1.83. The molecule has 0 saturated heterocycles. The second-order valence-electron chi connectivity index (χ2n) is 1.50. The van der Waals surface area contributed by atoms with Gasteiger partial charge in [0, 0.05) is 6.42 Å². The maximum absolute atomic E-state index is 10.3. The second-order valence-corrected chi connectivity index (χ2v) is 1.50. The molecule has 0 aromatic rings. The van der Waals surface area contributed by atoms with Crippen LogP contribution in [0.15, 0.2) is 12.2 Å². The molecule has 0 unspecified atom stereocenters. The molecule has 50 valence electrons. The van der Waals surface area contributed by atoms with E-state index in [1.807, 2.05) is 0 Å². The molecule has 0 rings (SSSR count). The summed E-state index contributed by atoms with van der Waals surface area (Å²) in [5, 5.41) is 8.03. The quantitative estimate of drug-likeness (QED) is 0.447. The normalized spacial score (nSPS) is 9.89. The van der Waals surface area contributed by atoms with Crippen LogP contribution in [-0.2, 0) is 9.59 Å². The van der Waals surface area contributed by atoms with Crippen LogP contribution in [0.25, 0.3) is 0 Å². The molecule has 0 aliphatic rings. The van der Waals surface area contributed by atoms with Crippen LogP contribution < -0.4 is 0 Å². The van der Waals surface area contributed by atoms with Gasteiger partial charge in [0.05, 0.1) is 0 Å². The summed E-state index contributed by atoms with van der Waals surface area (Å²) < 4.78 is 0. The van der Waals surface area contributed by atoms with Crippen LogP contribution in [0.1, 0.15) is 13.3 Å². The summed E-state index contributed by atoms with van der Waals surface area (Å²) in [6, 6.07) is 0. The van der Waals surface area contributed by atoms with Crippen LogP contribution in [0.2, 0.25) is 0 Å². The predicted octanol–water partition coefficient (Wildman–Crippen LogP) is 0.606. The molecule has 3 nitrogen and oxygen atoms in total. The molecule has 1 N–H and O–H groups in total. The molecule has 0 spiro atoms. The molecular weight excluding hydrogens is 120 g/mol. The van der Waals surface area contributed by atoms with E-state index in [0.29, 0.717) is 0 Å². The Morgan fingerprint density at radius 3 is 2.44 bits per heavy atom. The first-order valence-electron chi connectivity index (χ1n) is 2.55. The highest BCUT2D eigenvalue weighted by atomic mass is 16.4. The van der Waals surface area contributed by atoms with E-state index in [0.717, 1.165) is 0 Å². The van der Waals surface area contributed by atoms with Crippen LogP contribution >= 0.6 is 0 Å². The summed E-state index contributed by atoms with van der Waals surface area (Å²) in [5.41, 5.74) is 0. The average Bonchev–Trinajstić information content (AvgIpc) is 1.82. The number of aliphatic carboxylic acids is 1. The van der Waals surface area contributed by atoms with Crippen LogP contribution in [0.3, 0.4) is 0 Å². The zero-order valence-corrected chi connectivity index (χ0v) is 5.13. The highest BCUT2D eigenvalue weighted by molar-refractivity contribution is 6.33. The Hall–Kier alpha value is -1.12. The summed E-state index contributed by atoms with van der Waals surface area (Å²) in [6.07, 6.45) is 3.14. The van der Waals surface area contributed by atoms with Crippen molar-refractivity contribution in [3.8, 4) is 0 Å². The number of carboxylic acids is 1. The lowest BCUT2D eigenvalue weighted by molar-refractivity contribution is -0.148. The van der Waals surface area contributed by atoms with Gasteiger partial charge < -0.3 is 5.11 Å². The van der Waals surface area contributed by atoms with E-state index < -0.39 is 11.8 Å². The van der Waals surface area contributed by atoms with Crippen LogP contribution in [0, 0.1) is 0 Å². The number of hydrogen-bond donors (Lipinski definition) is 1. The molecule has 0 aliphatic heterocycles. The number of ketones is 1. The van der Waals surface area contributed by atoms with Crippen molar-refractivity contribution in [3.63, 3.8) is 0 Å². The zero-order valence-electron chi connectivity index (χ0n) is 5.13. The number of carbonyl (C=O) groups is 2. The van der Waals surface area contributed by atoms with E-state index in [2.05, 4.69) is 0 Å². The van der Waals surface area contributed by atoms with E-state index in [4.69, 9.17) is 5.11 Å². The first-order chi connectivity index (χ1) is 4.18. The van der Waals surface area contributed by atoms with E-state index in [9.17, 15) is 9.59 Å². The Kier molecular flexibility index (Phi) is 3.35.